The van der Waals surface area contributed by atoms with Crippen LogP contribution in [-0.4, -0.2) is 30.4 Å². The van der Waals surface area contributed by atoms with E-state index in [1.807, 2.05) is 6.07 Å². The molecule has 0 radical (unpaired) electrons. The molecule has 140 valence electrons. The molecule has 0 atom stereocenters. The summed E-state index contributed by atoms with van der Waals surface area (Å²) in [6, 6.07) is 17.2. The lowest BCUT2D eigenvalue weighted by molar-refractivity contribution is 0.475. The minimum Gasteiger partial charge on any atom is -0.508 e. The van der Waals surface area contributed by atoms with Gasteiger partial charge < -0.3 is 20.8 Å². The van der Waals surface area contributed by atoms with Crippen molar-refractivity contribution in [2.75, 3.05) is 10.6 Å². The third kappa shape index (κ3) is 5.95. The average molecular weight is 374 g/mol. The first-order chi connectivity index (χ1) is 13.7. The first-order valence-corrected chi connectivity index (χ1v) is 8.34. The Bertz CT molecular complexity index is 882. The van der Waals surface area contributed by atoms with Gasteiger partial charge in [0.05, 0.1) is 18.1 Å². The van der Waals surface area contributed by atoms with E-state index in [4.69, 9.17) is 10.2 Å². The van der Waals surface area contributed by atoms with E-state index in [0.29, 0.717) is 5.82 Å². The monoisotopic (exact) mass is 374 g/mol. The maximum atomic E-state index is 9.07. The molecule has 8 heteroatoms. The maximum absolute atomic E-state index is 9.07. The third-order valence-electron chi connectivity index (χ3n) is 3.43. The Morgan fingerprint density at radius 3 is 1.75 bits per heavy atom. The first-order valence-electron chi connectivity index (χ1n) is 8.34. The van der Waals surface area contributed by atoms with E-state index in [2.05, 4.69) is 30.8 Å². The molecule has 0 spiro atoms. The lowest BCUT2D eigenvalue weighted by Gasteiger charge is -2.04. The Kier molecular flexibility index (Phi) is 6.30. The minimum absolute atomic E-state index is 0.245. The summed E-state index contributed by atoms with van der Waals surface area (Å²) in [5.41, 5.74) is 2.57. The van der Waals surface area contributed by atoms with Gasteiger partial charge in [0.15, 0.2) is 5.82 Å². The van der Waals surface area contributed by atoms with Crippen LogP contribution in [0, 0.1) is 0 Å². The molecule has 4 aromatic rings. The second-order valence-corrected chi connectivity index (χ2v) is 5.58. The van der Waals surface area contributed by atoms with E-state index >= 15 is 0 Å². The molecule has 4 N–H and O–H groups in total. The molecule has 4 rings (SSSR count). The fourth-order valence-electron chi connectivity index (χ4n) is 2.14. The standard InChI is InChI=1S/2C10H9N3O/c14-10-3-1-8(2-4-10)13-9-5-11-7-12-6-9;14-9-5-3-8(4-6-9)12-10-2-1-7-11-13-10/h1-7,13-14H;1-7,14H,(H,12,13). The summed E-state index contributed by atoms with van der Waals surface area (Å²) in [5, 5.41) is 31.9. The Labute approximate surface area is 161 Å². The van der Waals surface area contributed by atoms with Crippen molar-refractivity contribution in [2.45, 2.75) is 0 Å². The van der Waals surface area contributed by atoms with Gasteiger partial charge in [-0.1, -0.05) is 0 Å². The number of aromatic hydroxyl groups is 2. The van der Waals surface area contributed by atoms with Crippen molar-refractivity contribution in [3.8, 4) is 11.5 Å². The quantitative estimate of drug-likeness (QED) is 0.398. The molecule has 0 fully saturated rings. The van der Waals surface area contributed by atoms with Crippen molar-refractivity contribution >= 4 is 22.9 Å². The Balaban J connectivity index is 0.000000161. The van der Waals surface area contributed by atoms with E-state index in [-0.39, 0.29) is 11.5 Å². The highest BCUT2D eigenvalue weighted by atomic mass is 16.3. The number of rotatable bonds is 4. The van der Waals surface area contributed by atoms with Crippen LogP contribution in [0.2, 0.25) is 0 Å². The third-order valence-corrected chi connectivity index (χ3v) is 3.43. The number of nitrogens with one attached hydrogen (secondary N) is 2. The highest BCUT2D eigenvalue weighted by Crippen LogP contribution is 2.18. The van der Waals surface area contributed by atoms with Crippen LogP contribution in [0.1, 0.15) is 0 Å². The fraction of sp³-hybridized carbons (Fsp3) is 0. The number of nitrogens with zero attached hydrogens (tertiary/aromatic N) is 4. The Hall–Kier alpha value is -4.20. The number of phenols is 2. The van der Waals surface area contributed by atoms with E-state index in [0.717, 1.165) is 17.1 Å². The fourth-order valence-corrected chi connectivity index (χ4v) is 2.14. The van der Waals surface area contributed by atoms with Crippen LogP contribution in [0.15, 0.2) is 85.6 Å². The van der Waals surface area contributed by atoms with E-state index in [1.165, 1.54) is 6.33 Å². The van der Waals surface area contributed by atoms with Gasteiger partial charge in [0.25, 0.3) is 0 Å². The van der Waals surface area contributed by atoms with E-state index in [9.17, 15) is 0 Å². The SMILES string of the molecule is Oc1ccc(Nc2cccnn2)cc1.Oc1ccc(Nc2cncnc2)cc1. The highest BCUT2D eigenvalue weighted by Gasteiger charge is 1.95. The molecule has 0 aliphatic heterocycles. The van der Waals surface area contributed by atoms with Crippen LogP contribution >= 0.6 is 0 Å². The number of anilines is 4. The number of hydrogen-bond acceptors (Lipinski definition) is 8. The maximum Gasteiger partial charge on any atom is 0.153 e. The second-order valence-electron chi connectivity index (χ2n) is 5.58. The Morgan fingerprint density at radius 1 is 0.643 bits per heavy atom. The predicted molar refractivity (Wildman–Crippen MR) is 107 cm³/mol. The van der Waals surface area contributed by atoms with Crippen LogP contribution in [0.3, 0.4) is 0 Å². The van der Waals surface area contributed by atoms with Gasteiger partial charge in [-0.05, 0) is 60.7 Å². The number of phenolic OH excluding ortho intramolecular Hbond substituents is 2. The van der Waals surface area contributed by atoms with Crippen molar-refractivity contribution in [3.63, 3.8) is 0 Å². The number of hydrogen-bond donors (Lipinski definition) is 4. The number of benzene rings is 2. The molecule has 0 saturated heterocycles. The van der Waals surface area contributed by atoms with Crippen LogP contribution in [0.5, 0.6) is 11.5 Å². The van der Waals surface area contributed by atoms with Gasteiger partial charge in [0.2, 0.25) is 0 Å². The number of aromatic nitrogens is 4. The largest absolute Gasteiger partial charge is 0.508 e. The summed E-state index contributed by atoms with van der Waals surface area (Å²) in [6.07, 6.45) is 6.45. The molecule has 0 aliphatic rings. The molecule has 0 unspecified atom stereocenters. The molecular weight excluding hydrogens is 356 g/mol. The van der Waals surface area contributed by atoms with Crippen LogP contribution < -0.4 is 10.6 Å². The van der Waals surface area contributed by atoms with E-state index < -0.39 is 0 Å². The summed E-state index contributed by atoms with van der Waals surface area (Å²) >= 11 is 0. The second kappa shape index (κ2) is 9.48. The summed E-state index contributed by atoms with van der Waals surface area (Å²) in [6.45, 7) is 0. The average Bonchev–Trinajstić information content (AvgIpc) is 2.74. The van der Waals surface area contributed by atoms with Gasteiger partial charge in [-0.3, -0.25) is 0 Å². The van der Waals surface area contributed by atoms with E-state index in [1.54, 1.807) is 73.2 Å². The normalized spacial score (nSPS) is 9.71. The summed E-state index contributed by atoms with van der Waals surface area (Å²) in [4.78, 5) is 7.75. The van der Waals surface area contributed by atoms with Crippen molar-refractivity contribution in [1.29, 1.82) is 0 Å². The van der Waals surface area contributed by atoms with Gasteiger partial charge >= 0.3 is 0 Å². The van der Waals surface area contributed by atoms with Crippen molar-refractivity contribution < 1.29 is 10.2 Å². The molecular formula is C20H18N6O2. The van der Waals surface area contributed by atoms with Gasteiger partial charge in [-0.25, -0.2) is 9.97 Å². The van der Waals surface area contributed by atoms with Crippen molar-refractivity contribution in [1.82, 2.24) is 20.2 Å². The zero-order valence-electron chi connectivity index (χ0n) is 14.8. The molecule has 0 bridgehead atoms. The lowest BCUT2D eigenvalue weighted by Crippen LogP contribution is -1.93. The molecule has 0 amide bonds. The summed E-state index contributed by atoms with van der Waals surface area (Å²) in [7, 11) is 0. The molecule has 0 aliphatic carbocycles. The zero-order valence-corrected chi connectivity index (χ0v) is 14.8. The van der Waals surface area contributed by atoms with Gasteiger partial charge in [0, 0.05) is 17.6 Å². The van der Waals surface area contributed by atoms with Gasteiger partial charge in [-0.15, -0.1) is 5.10 Å². The molecule has 28 heavy (non-hydrogen) atoms. The zero-order chi connectivity index (χ0) is 19.6. The molecule has 2 aromatic heterocycles. The minimum atomic E-state index is 0.245. The summed E-state index contributed by atoms with van der Waals surface area (Å²) in [5.74, 6) is 1.17. The Morgan fingerprint density at radius 2 is 1.21 bits per heavy atom. The molecule has 2 aromatic carbocycles. The molecule has 0 saturated carbocycles. The van der Waals surface area contributed by atoms with Crippen molar-refractivity contribution in [2.24, 2.45) is 0 Å². The molecule has 8 nitrogen and oxygen atoms in total. The topological polar surface area (TPSA) is 116 Å². The van der Waals surface area contributed by atoms with Crippen molar-refractivity contribution in [3.05, 3.63) is 85.6 Å². The van der Waals surface area contributed by atoms with Crippen LogP contribution in [-0.2, 0) is 0 Å². The first kappa shape index (κ1) is 18.6. The smallest absolute Gasteiger partial charge is 0.153 e. The van der Waals surface area contributed by atoms with Crippen LogP contribution in [0.4, 0.5) is 22.9 Å². The van der Waals surface area contributed by atoms with Gasteiger partial charge in [-0.2, -0.15) is 5.10 Å². The summed E-state index contributed by atoms with van der Waals surface area (Å²) < 4.78 is 0. The van der Waals surface area contributed by atoms with Gasteiger partial charge in [0.1, 0.15) is 17.8 Å². The lowest BCUT2D eigenvalue weighted by atomic mass is 10.3. The predicted octanol–water partition coefficient (Wildman–Crippen LogP) is 3.85. The molecule has 2 heterocycles. The highest BCUT2D eigenvalue weighted by molar-refractivity contribution is 5.58. The van der Waals surface area contributed by atoms with Crippen LogP contribution in [0.25, 0.3) is 0 Å².